The number of hydrogen-bond donors (Lipinski definition) is 1. The lowest BCUT2D eigenvalue weighted by molar-refractivity contribution is -0.123. The fourth-order valence-corrected chi connectivity index (χ4v) is 4.40. The summed E-state index contributed by atoms with van der Waals surface area (Å²) >= 11 is 6.02. The second kappa shape index (κ2) is 10.2. The molecule has 0 bridgehead atoms. The minimum absolute atomic E-state index is 0.0245. The van der Waals surface area contributed by atoms with E-state index in [9.17, 15) is 18.0 Å². The number of para-hydroxylation sites is 1. The van der Waals surface area contributed by atoms with Crippen molar-refractivity contribution in [1.82, 2.24) is 4.31 Å². The Labute approximate surface area is 198 Å². The van der Waals surface area contributed by atoms with Gasteiger partial charge in [-0.15, -0.1) is 0 Å². The molecule has 1 atom stereocenters. The molecule has 172 valence electrons. The monoisotopic (exact) mass is 486 g/mol. The van der Waals surface area contributed by atoms with E-state index >= 15 is 0 Å². The van der Waals surface area contributed by atoms with Gasteiger partial charge in [0.2, 0.25) is 10.0 Å². The van der Waals surface area contributed by atoms with Crippen molar-refractivity contribution >= 4 is 39.2 Å². The van der Waals surface area contributed by atoms with Crippen LogP contribution < -0.4 is 5.32 Å². The summed E-state index contributed by atoms with van der Waals surface area (Å²) in [7, 11) is -1.15. The maximum absolute atomic E-state index is 12.7. The van der Waals surface area contributed by atoms with E-state index in [4.69, 9.17) is 16.3 Å². The third-order valence-corrected chi connectivity index (χ3v) is 7.14. The third-order valence-electron chi connectivity index (χ3n) is 4.85. The van der Waals surface area contributed by atoms with Gasteiger partial charge < -0.3 is 10.1 Å². The molecule has 0 aromatic heterocycles. The molecule has 0 fully saturated rings. The van der Waals surface area contributed by atoms with Gasteiger partial charge >= 0.3 is 5.97 Å². The van der Waals surface area contributed by atoms with Crippen LogP contribution in [0.5, 0.6) is 0 Å². The minimum atomic E-state index is -3.87. The molecule has 1 N–H and O–H groups in total. The molecule has 1 amide bonds. The molecule has 0 saturated heterocycles. The summed E-state index contributed by atoms with van der Waals surface area (Å²) in [4.78, 5) is 25.1. The van der Waals surface area contributed by atoms with Crippen LogP contribution in [0.25, 0.3) is 11.1 Å². The first-order valence-corrected chi connectivity index (χ1v) is 11.8. The molecule has 0 saturated carbocycles. The van der Waals surface area contributed by atoms with Gasteiger partial charge in [0.25, 0.3) is 5.91 Å². The molecular weight excluding hydrogens is 464 g/mol. The second-order valence-electron chi connectivity index (χ2n) is 7.38. The van der Waals surface area contributed by atoms with Crippen LogP contribution in [0.15, 0.2) is 77.7 Å². The molecule has 0 spiro atoms. The molecule has 0 heterocycles. The molecular formula is C24H23ClN2O5S. The highest BCUT2D eigenvalue weighted by Gasteiger charge is 2.25. The first-order chi connectivity index (χ1) is 15.6. The van der Waals surface area contributed by atoms with Crippen molar-refractivity contribution in [3.8, 4) is 11.1 Å². The normalized spacial score (nSPS) is 12.3. The fourth-order valence-electron chi connectivity index (χ4n) is 3.00. The van der Waals surface area contributed by atoms with Crippen LogP contribution in [-0.2, 0) is 19.6 Å². The number of amides is 1. The number of carbonyl (C=O) groups excluding carboxylic acids is 2. The van der Waals surface area contributed by atoms with Crippen LogP contribution in [0.3, 0.4) is 0 Å². The van der Waals surface area contributed by atoms with Gasteiger partial charge in [-0.3, -0.25) is 4.79 Å². The van der Waals surface area contributed by atoms with Crippen molar-refractivity contribution in [2.45, 2.75) is 17.9 Å². The maximum atomic E-state index is 12.7. The summed E-state index contributed by atoms with van der Waals surface area (Å²) < 4.78 is 31.1. The van der Waals surface area contributed by atoms with E-state index < -0.39 is 28.0 Å². The second-order valence-corrected chi connectivity index (χ2v) is 9.91. The van der Waals surface area contributed by atoms with Crippen LogP contribution in [0.2, 0.25) is 5.02 Å². The number of ether oxygens (including phenoxy) is 1. The van der Waals surface area contributed by atoms with Crippen molar-refractivity contribution in [3.05, 3.63) is 83.4 Å². The van der Waals surface area contributed by atoms with E-state index in [1.54, 1.807) is 12.1 Å². The summed E-state index contributed by atoms with van der Waals surface area (Å²) in [5, 5.41) is 2.76. The van der Waals surface area contributed by atoms with E-state index in [2.05, 4.69) is 5.32 Å². The van der Waals surface area contributed by atoms with E-state index in [0.717, 1.165) is 21.5 Å². The van der Waals surface area contributed by atoms with Crippen LogP contribution in [0.1, 0.15) is 17.3 Å². The van der Waals surface area contributed by atoms with Crippen molar-refractivity contribution in [2.75, 3.05) is 19.4 Å². The van der Waals surface area contributed by atoms with E-state index in [-0.39, 0.29) is 15.5 Å². The molecule has 3 rings (SSSR count). The molecule has 7 nitrogen and oxygen atoms in total. The Morgan fingerprint density at radius 1 is 0.970 bits per heavy atom. The van der Waals surface area contributed by atoms with E-state index in [1.807, 2.05) is 42.5 Å². The van der Waals surface area contributed by atoms with Crippen LogP contribution in [0.4, 0.5) is 5.69 Å². The number of benzene rings is 3. The van der Waals surface area contributed by atoms with Crippen molar-refractivity contribution in [2.24, 2.45) is 0 Å². The summed E-state index contributed by atoms with van der Waals surface area (Å²) in [6.45, 7) is 1.44. The molecule has 0 aliphatic carbocycles. The smallest absolute Gasteiger partial charge is 0.338 e. The number of sulfonamides is 1. The number of anilines is 1. The Hall–Kier alpha value is -3.20. The molecule has 1 unspecified atom stereocenters. The zero-order valence-corrected chi connectivity index (χ0v) is 19.9. The molecule has 3 aromatic carbocycles. The Morgan fingerprint density at radius 3 is 2.27 bits per heavy atom. The van der Waals surface area contributed by atoms with Gasteiger partial charge in [-0.25, -0.2) is 17.5 Å². The molecule has 0 aliphatic heterocycles. The van der Waals surface area contributed by atoms with Gasteiger partial charge in [0.05, 0.1) is 10.6 Å². The Bertz CT molecular complexity index is 1280. The lowest BCUT2D eigenvalue weighted by Gasteiger charge is -2.17. The van der Waals surface area contributed by atoms with E-state index in [0.29, 0.717) is 5.69 Å². The standard InChI is InChI=1S/C24H23ClN2O5S/c1-16(23(28)26-21-12-8-7-11-19(21)17-9-5-4-6-10-17)32-24(29)18-13-14-20(25)22(15-18)33(30,31)27(2)3/h4-16H,1-3H3,(H,26,28). The Kier molecular flexibility index (Phi) is 7.53. The maximum Gasteiger partial charge on any atom is 0.338 e. The number of halogens is 1. The number of rotatable bonds is 7. The van der Waals surface area contributed by atoms with Crippen LogP contribution in [-0.4, -0.2) is 44.8 Å². The Balaban J connectivity index is 1.76. The van der Waals surface area contributed by atoms with Crippen molar-refractivity contribution < 1.29 is 22.7 Å². The number of hydrogen-bond acceptors (Lipinski definition) is 5. The average Bonchev–Trinajstić information content (AvgIpc) is 2.80. The fraction of sp³-hybridized carbons (Fsp3) is 0.167. The number of esters is 1. The lowest BCUT2D eigenvalue weighted by atomic mass is 10.0. The first-order valence-electron chi connectivity index (χ1n) is 9.99. The molecule has 3 aromatic rings. The molecule has 0 aliphatic rings. The predicted octanol–water partition coefficient (Wildman–Crippen LogP) is 4.44. The minimum Gasteiger partial charge on any atom is -0.449 e. The van der Waals surface area contributed by atoms with Crippen LogP contribution in [0, 0.1) is 0 Å². The lowest BCUT2D eigenvalue weighted by Crippen LogP contribution is -2.30. The topological polar surface area (TPSA) is 92.8 Å². The van der Waals surface area contributed by atoms with E-state index in [1.165, 1.54) is 33.2 Å². The summed E-state index contributed by atoms with van der Waals surface area (Å²) in [6.07, 6.45) is -1.13. The first kappa shape index (κ1) is 24.4. The largest absolute Gasteiger partial charge is 0.449 e. The summed E-state index contributed by atoms with van der Waals surface area (Å²) in [5.41, 5.74) is 2.28. The van der Waals surface area contributed by atoms with Crippen molar-refractivity contribution in [3.63, 3.8) is 0 Å². The summed E-state index contributed by atoms with van der Waals surface area (Å²) in [5.74, 6) is -1.37. The van der Waals surface area contributed by atoms with Gasteiger partial charge in [-0.1, -0.05) is 60.1 Å². The predicted molar refractivity (Wildman–Crippen MR) is 128 cm³/mol. The van der Waals surface area contributed by atoms with Gasteiger partial charge in [-0.05, 0) is 36.8 Å². The van der Waals surface area contributed by atoms with Gasteiger partial charge in [0, 0.05) is 25.3 Å². The SMILES string of the molecule is CC(OC(=O)c1ccc(Cl)c(S(=O)(=O)N(C)C)c1)C(=O)Nc1ccccc1-c1ccccc1. The highest BCUT2D eigenvalue weighted by Crippen LogP contribution is 2.28. The highest BCUT2D eigenvalue weighted by atomic mass is 35.5. The number of nitrogens with zero attached hydrogens (tertiary/aromatic N) is 1. The van der Waals surface area contributed by atoms with Crippen molar-refractivity contribution in [1.29, 1.82) is 0 Å². The van der Waals surface area contributed by atoms with Gasteiger partial charge in [0.1, 0.15) is 4.90 Å². The summed E-state index contributed by atoms with van der Waals surface area (Å²) in [6, 6.07) is 20.6. The zero-order valence-electron chi connectivity index (χ0n) is 18.3. The third kappa shape index (κ3) is 5.60. The van der Waals surface area contributed by atoms with Gasteiger partial charge in [-0.2, -0.15) is 0 Å². The highest BCUT2D eigenvalue weighted by molar-refractivity contribution is 7.89. The molecule has 33 heavy (non-hydrogen) atoms. The number of nitrogens with one attached hydrogen (secondary N) is 1. The average molecular weight is 487 g/mol. The van der Waals surface area contributed by atoms with Gasteiger partial charge in [0.15, 0.2) is 6.10 Å². The number of carbonyl (C=O) groups is 2. The molecule has 0 radical (unpaired) electrons. The quantitative estimate of drug-likeness (QED) is 0.498. The zero-order chi connectivity index (χ0) is 24.2. The Morgan fingerprint density at radius 2 is 1.61 bits per heavy atom. The molecule has 9 heteroatoms. The van der Waals surface area contributed by atoms with Crippen LogP contribution >= 0.6 is 11.6 Å².